The number of ketones is 1. The van der Waals surface area contributed by atoms with Gasteiger partial charge in [0.1, 0.15) is 17.1 Å². The predicted octanol–water partition coefficient (Wildman–Crippen LogP) is -0.626. The summed E-state index contributed by atoms with van der Waals surface area (Å²) in [5.74, 6) is -2.72. The summed E-state index contributed by atoms with van der Waals surface area (Å²) in [6.45, 7) is 5.75. The Morgan fingerprint density at radius 2 is 1.79 bits per heavy atom. The van der Waals surface area contributed by atoms with Gasteiger partial charge in [-0.25, -0.2) is 4.21 Å². The number of hydrogen-bond acceptors (Lipinski definition) is 6. The molecule has 158 valence electrons. The number of carbonyl (C=O) groups excluding carboxylic acids is 5. The van der Waals surface area contributed by atoms with E-state index in [0.717, 1.165) is 11.0 Å². The summed E-state index contributed by atoms with van der Waals surface area (Å²) in [6, 6.07) is -1.02. The topological polar surface area (TPSA) is 150 Å². The molecule has 0 radical (unpaired) electrons. The average molecular weight is 417 g/mol. The van der Waals surface area contributed by atoms with E-state index < -0.39 is 40.1 Å². The van der Waals surface area contributed by atoms with Crippen LogP contribution in [0.15, 0.2) is 12.2 Å². The van der Waals surface area contributed by atoms with Crippen LogP contribution in [-0.2, 0) is 35.1 Å². The normalized spacial score (nSPS) is 14.2. The molecule has 4 amide bonds. The maximum Gasteiger partial charge on any atom is 0.252 e. The summed E-state index contributed by atoms with van der Waals surface area (Å²) < 4.78 is 21.0. The highest BCUT2D eigenvalue weighted by atomic mass is 32.2. The minimum Gasteiger partial charge on any atom is -0.347 e. The first-order valence-corrected chi connectivity index (χ1v) is 9.77. The molecule has 0 aliphatic rings. The second kappa shape index (κ2) is 12.9. The average Bonchev–Trinajstić information content (AvgIpc) is 2.60. The Kier molecular flexibility index (Phi) is 11.8. The van der Waals surface area contributed by atoms with Gasteiger partial charge in [-0.05, 0) is 32.3 Å². The van der Waals surface area contributed by atoms with Crippen molar-refractivity contribution in [1.82, 2.24) is 15.5 Å². The van der Waals surface area contributed by atoms with Gasteiger partial charge in [0, 0.05) is 6.54 Å². The predicted molar refractivity (Wildman–Crippen MR) is 102 cm³/mol. The number of allylic oxidation sites excluding steroid dienone is 1. The Balaban J connectivity index is 5.14. The SMILES string of the molecule is C/C=C\C(=O)N(C=O)CCC(C(=O)NC(C(=O)NCC(C)=O)C(C)C)S(=O)O. The van der Waals surface area contributed by atoms with Crippen LogP contribution in [0.25, 0.3) is 0 Å². The third kappa shape index (κ3) is 9.00. The first-order chi connectivity index (χ1) is 13.0. The van der Waals surface area contributed by atoms with E-state index in [4.69, 9.17) is 0 Å². The van der Waals surface area contributed by atoms with Gasteiger partial charge in [-0.2, -0.15) is 0 Å². The first-order valence-electron chi connectivity index (χ1n) is 8.60. The molecule has 0 aromatic rings. The lowest BCUT2D eigenvalue weighted by Gasteiger charge is -2.24. The summed E-state index contributed by atoms with van der Waals surface area (Å²) in [4.78, 5) is 59.1. The second-order valence-electron chi connectivity index (χ2n) is 6.34. The van der Waals surface area contributed by atoms with E-state index in [9.17, 15) is 32.7 Å². The van der Waals surface area contributed by atoms with E-state index in [1.165, 1.54) is 13.0 Å². The lowest BCUT2D eigenvalue weighted by atomic mass is 10.0. The largest absolute Gasteiger partial charge is 0.347 e. The van der Waals surface area contributed by atoms with Crippen molar-refractivity contribution in [3.63, 3.8) is 0 Å². The number of imide groups is 1. The zero-order chi connectivity index (χ0) is 21.9. The van der Waals surface area contributed by atoms with Crippen LogP contribution >= 0.6 is 0 Å². The van der Waals surface area contributed by atoms with E-state index in [-0.39, 0.29) is 37.6 Å². The standard InChI is InChI=1S/C17H27N3O7S/c1-5-6-14(23)20(10-21)8-7-13(28(26)27)16(24)19-15(11(2)3)17(25)18-9-12(4)22/h5-6,10-11,13,15H,7-9H2,1-4H3,(H,18,25)(H,19,24)(H,26,27)/b6-5-. The highest BCUT2D eigenvalue weighted by Gasteiger charge is 2.31. The number of hydrogen-bond donors (Lipinski definition) is 3. The van der Waals surface area contributed by atoms with Gasteiger partial charge in [-0.1, -0.05) is 19.9 Å². The first kappa shape index (κ1) is 25.6. The molecule has 0 aliphatic carbocycles. The van der Waals surface area contributed by atoms with Crippen molar-refractivity contribution in [2.24, 2.45) is 5.92 Å². The Morgan fingerprint density at radius 1 is 1.18 bits per heavy atom. The molecule has 11 heteroatoms. The summed E-state index contributed by atoms with van der Waals surface area (Å²) in [6.07, 6.45) is 2.58. The van der Waals surface area contributed by atoms with E-state index in [2.05, 4.69) is 10.6 Å². The molecule has 0 saturated carbocycles. The van der Waals surface area contributed by atoms with Crippen molar-refractivity contribution >= 4 is 41.0 Å². The quantitative estimate of drug-likeness (QED) is 0.217. The minimum atomic E-state index is -2.59. The van der Waals surface area contributed by atoms with Crippen molar-refractivity contribution in [1.29, 1.82) is 0 Å². The molecule has 0 heterocycles. The molecular formula is C17H27N3O7S. The van der Waals surface area contributed by atoms with Gasteiger partial charge in [-0.3, -0.25) is 28.9 Å². The van der Waals surface area contributed by atoms with Crippen molar-refractivity contribution in [3.05, 3.63) is 12.2 Å². The smallest absolute Gasteiger partial charge is 0.252 e. The molecule has 0 rings (SSSR count). The van der Waals surface area contributed by atoms with Gasteiger partial charge >= 0.3 is 0 Å². The molecule has 3 unspecified atom stereocenters. The molecule has 0 fully saturated rings. The van der Waals surface area contributed by atoms with Gasteiger partial charge in [0.2, 0.25) is 18.2 Å². The van der Waals surface area contributed by atoms with Crippen molar-refractivity contribution in [3.8, 4) is 0 Å². The fourth-order valence-electron chi connectivity index (χ4n) is 2.14. The van der Waals surface area contributed by atoms with E-state index in [1.807, 2.05) is 0 Å². The summed E-state index contributed by atoms with van der Waals surface area (Å²) >= 11 is -2.59. The fraction of sp³-hybridized carbons (Fsp3) is 0.588. The molecule has 3 N–H and O–H groups in total. The third-order valence-electron chi connectivity index (χ3n) is 3.65. The molecule has 10 nitrogen and oxygen atoms in total. The molecular weight excluding hydrogens is 390 g/mol. The van der Waals surface area contributed by atoms with Crippen LogP contribution in [0.5, 0.6) is 0 Å². The Morgan fingerprint density at radius 3 is 2.21 bits per heavy atom. The lowest BCUT2D eigenvalue weighted by molar-refractivity contribution is -0.135. The minimum absolute atomic E-state index is 0.200. The van der Waals surface area contributed by atoms with Crippen LogP contribution in [-0.4, -0.2) is 68.0 Å². The molecule has 3 atom stereocenters. The van der Waals surface area contributed by atoms with Gasteiger partial charge in [0.05, 0.1) is 6.54 Å². The van der Waals surface area contributed by atoms with E-state index >= 15 is 0 Å². The number of Topliss-reactive ketones (excluding diaryl/α,β-unsaturated/α-hetero) is 1. The highest BCUT2D eigenvalue weighted by molar-refractivity contribution is 7.80. The molecule has 0 saturated heterocycles. The van der Waals surface area contributed by atoms with Crippen LogP contribution in [0.2, 0.25) is 0 Å². The zero-order valence-electron chi connectivity index (χ0n) is 16.3. The molecule has 0 aromatic heterocycles. The van der Waals surface area contributed by atoms with Crippen LogP contribution < -0.4 is 10.6 Å². The van der Waals surface area contributed by atoms with Gasteiger partial charge in [0.25, 0.3) is 5.91 Å². The van der Waals surface area contributed by atoms with E-state index in [1.54, 1.807) is 20.8 Å². The number of amides is 4. The summed E-state index contributed by atoms with van der Waals surface area (Å²) in [5.41, 5.74) is 0. The number of nitrogens with zero attached hydrogens (tertiary/aromatic N) is 1. The molecule has 0 aromatic carbocycles. The van der Waals surface area contributed by atoms with Crippen LogP contribution in [0, 0.1) is 5.92 Å². The van der Waals surface area contributed by atoms with Crippen molar-refractivity contribution in [2.75, 3.05) is 13.1 Å². The summed E-state index contributed by atoms with van der Waals surface area (Å²) in [7, 11) is 0. The number of carbonyl (C=O) groups is 5. The monoisotopic (exact) mass is 417 g/mol. The molecule has 0 aliphatic heterocycles. The molecule has 0 bridgehead atoms. The lowest BCUT2D eigenvalue weighted by Crippen LogP contribution is -2.53. The van der Waals surface area contributed by atoms with Crippen LogP contribution in [0.3, 0.4) is 0 Å². The summed E-state index contributed by atoms with van der Waals surface area (Å²) in [5, 5.41) is 3.32. The van der Waals surface area contributed by atoms with Crippen LogP contribution in [0.4, 0.5) is 0 Å². The van der Waals surface area contributed by atoms with Gasteiger partial charge in [0.15, 0.2) is 11.1 Å². The van der Waals surface area contributed by atoms with Gasteiger partial charge < -0.3 is 15.2 Å². The Hall–Kier alpha value is -2.40. The second-order valence-corrected chi connectivity index (χ2v) is 7.46. The van der Waals surface area contributed by atoms with Crippen LogP contribution in [0.1, 0.15) is 34.1 Å². The maximum atomic E-state index is 12.4. The number of nitrogens with one attached hydrogen (secondary N) is 2. The van der Waals surface area contributed by atoms with Crippen molar-refractivity contribution < 1.29 is 32.7 Å². The van der Waals surface area contributed by atoms with Gasteiger partial charge in [-0.15, -0.1) is 0 Å². The van der Waals surface area contributed by atoms with Crippen molar-refractivity contribution in [2.45, 2.75) is 45.4 Å². The third-order valence-corrected chi connectivity index (χ3v) is 4.58. The number of rotatable bonds is 12. The Labute approximate surface area is 166 Å². The highest BCUT2D eigenvalue weighted by Crippen LogP contribution is 2.07. The van der Waals surface area contributed by atoms with E-state index in [0.29, 0.717) is 0 Å². The Bertz CT molecular complexity index is 649. The fourth-order valence-corrected chi connectivity index (χ4v) is 2.69. The zero-order valence-corrected chi connectivity index (χ0v) is 17.2. The molecule has 0 spiro atoms. The molecule has 28 heavy (non-hydrogen) atoms. The maximum absolute atomic E-state index is 12.4.